The van der Waals surface area contributed by atoms with Crippen molar-refractivity contribution in [2.75, 3.05) is 13.2 Å². The fourth-order valence-electron chi connectivity index (χ4n) is 3.75. The van der Waals surface area contributed by atoms with E-state index in [1.807, 2.05) is 6.08 Å². The van der Waals surface area contributed by atoms with Crippen LogP contribution < -0.4 is 0 Å². The molecule has 3 atom stereocenters. The standard InChI is InChI=1S/C19H26O5/c1-12-6-5-7-15(10-23-13(2)20)18(22)8-17-16(12)9-19(17,4)11-24-14(3)21/h7,16-17H,1,5-6,8-11H2,2-4H3/b15-7+/t16-,17+,19-/m0/s1. The van der Waals surface area contributed by atoms with Gasteiger partial charge in [0.2, 0.25) is 0 Å². The molecule has 0 heterocycles. The smallest absolute Gasteiger partial charge is 0.302 e. The summed E-state index contributed by atoms with van der Waals surface area (Å²) < 4.78 is 10.2. The lowest BCUT2D eigenvalue weighted by molar-refractivity contribution is -0.153. The van der Waals surface area contributed by atoms with Crippen LogP contribution in [0.5, 0.6) is 0 Å². The average molecular weight is 334 g/mol. The van der Waals surface area contributed by atoms with Crippen LogP contribution in [0.2, 0.25) is 0 Å². The van der Waals surface area contributed by atoms with E-state index in [1.165, 1.54) is 13.8 Å². The van der Waals surface area contributed by atoms with Crippen LogP contribution in [0.1, 0.15) is 46.5 Å². The molecule has 0 aromatic rings. The van der Waals surface area contributed by atoms with Gasteiger partial charge in [-0.15, -0.1) is 0 Å². The Labute approximate surface area is 143 Å². The molecule has 2 rings (SSSR count). The Balaban J connectivity index is 2.13. The van der Waals surface area contributed by atoms with Crippen LogP contribution in [0.4, 0.5) is 0 Å². The van der Waals surface area contributed by atoms with E-state index >= 15 is 0 Å². The molecule has 0 aliphatic heterocycles. The Morgan fingerprint density at radius 3 is 2.58 bits per heavy atom. The summed E-state index contributed by atoms with van der Waals surface area (Å²) in [5, 5.41) is 0. The Bertz CT molecular complexity index is 589. The summed E-state index contributed by atoms with van der Waals surface area (Å²) in [6.07, 6.45) is 4.67. The van der Waals surface area contributed by atoms with Gasteiger partial charge in [-0.2, -0.15) is 0 Å². The van der Waals surface area contributed by atoms with Crippen molar-refractivity contribution in [3.8, 4) is 0 Å². The molecule has 5 nitrogen and oxygen atoms in total. The molecule has 1 fully saturated rings. The first-order valence-corrected chi connectivity index (χ1v) is 8.39. The molecule has 0 N–H and O–H groups in total. The molecule has 0 saturated heterocycles. The van der Waals surface area contributed by atoms with Gasteiger partial charge in [0.05, 0.1) is 6.61 Å². The minimum absolute atomic E-state index is 0.00898. The first-order valence-electron chi connectivity index (χ1n) is 8.39. The average Bonchev–Trinajstić information content (AvgIpc) is 2.54. The predicted molar refractivity (Wildman–Crippen MR) is 89.1 cm³/mol. The zero-order chi connectivity index (χ0) is 17.9. The van der Waals surface area contributed by atoms with Gasteiger partial charge in [0.25, 0.3) is 0 Å². The van der Waals surface area contributed by atoms with Crippen molar-refractivity contribution in [1.29, 1.82) is 0 Å². The highest BCUT2D eigenvalue weighted by molar-refractivity contribution is 5.96. The van der Waals surface area contributed by atoms with Crippen LogP contribution in [0.3, 0.4) is 0 Å². The van der Waals surface area contributed by atoms with Crippen molar-refractivity contribution < 1.29 is 23.9 Å². The van der Waals surface area contributed by atoms with Gasteiger partial charge in [-0.25, -0.2) is 0 Å². The van der Waals surface area contributed by atoms with E-state index in [1.54, 1.807) is 0 Å². The van der Waals surface area contributed by atoms with E-state index in [9.17, 15) is 14.4 Å². The number of carbonyl (C=O) groups is 3. The number of Topliss-reactive ketones (excluding diaryl/α,β-unsaturated/α-hetero) is 1. The highest BCUT2D eigenvalue weighted by atomic mass is 16.5. The molecule has 24 heavy (non-hydrogen) atoms. The third-order valence-corrected chi connectivity index (χ3v) is 5.25. The molecule has 1 saturated carbocycles. The van der Waals surface area contributed by atoms with Crippen LogP contribution in [0.25, 0.3) is 0 Å². The number of hydrogen-bond acceptors (Lipinski definition) is 5. The summed E-state index contributed by atoms with van der Waals surface area (Å²) in [7, 11) is 0. The molecule has 132 valence electrons. The molecule has 0 spiro atoms. The van der Waals surface area contributed by atoms with Crippen LogP contribution in [0, 0.1) is 17.3 Å². The lowest BCUT2D eigenvalue weighted by Crippen LogP contribution is -2.50. The largest absolute Gasteiger partial charge is 0.465 e. The Morgan fingerprint density at radius 2 is 1.96 bits per heavy atom. The van der Waals surface area contributed by atoms with Crippen molar-refractivity contribution in [2.24, 2.45) is 17.3 Å². The number of esters is 2. The summed E-state index contributed by atoms with van der Waals surface area (Å²) in [6.45, 7) is 9.33. The zero-order valence-corrected chi connectivity index (χ0v) is 14.7. The van der Waals surface area contributed by atoms with E-state index in [-0.39, 0.29) is 35.6 Å². The second-order valence-electron chi connectivity index (χ2n) is 7.19. The van der Waals surface area contributed by atoms with Crippen LogP contribution >= 0.6 is 0 Å². The maximum atomic E-state index is 12.7. The third kappa shape index (κ3) is 4.13. The molecule has 0 aromatic heterocycles. The maximum absolute atomic E-state index is 12.7. The first kappa shape index (κ1) is 18.4. The van der Waals surface area contributed by atoms with Gasteiger partial charge >= 0.3 is 11.9 Å². The summed E-state index contributed by atoms with van der Waals surface area (Å²) in [5.74, 6) is -0.293. The molecule has 0 unspecified atom stereocenters. The van der Waals surface area contributed by atoms with Crippen LogP contribution in [-0.2, 0) is 23.9 Å². The van der Waals surface area contributed by atoms with Gasteiger partial charge in [-0.05, 0) is 31.1 Å². The predicted octanol–water partition coefficient (Wildman–Crippen LogP) is 2.99. The zero-order valence-electron chi connectivity index (χ0n) is 14.7. The minimum atomic E-state index is -0.394. The number of carbonyl (C=O) groups excluding carboxylic acids is 3. The lowest BCUT2D eigenvalue weighted by atomic mass is 9.51. The normalized spacial score (nSPS) is 32.2. The summed E-state index contributed by atoms with van der Waals surface area (Å²) in [6, 6.07) is 0. The molecular formula is C19H26O5. The number of fused-ring (bicyclic) bond motifs is 1. The van der Waals surface area contributed by atoms with Gasteiger partial charge in [-0.1, -0.05) is 25.2 Å². The Hall–Kier alpha value is -1.91. The number of allylic oxidation sites excluding steroid dienone is 2. The fourth-order valence-corrected chi connectivity index (χ4v) is 3.75. The van der Waals surface area contributed by atoms with E-state index in [0.29, 0.717) is 18.6 Å². The highest BCUT2D eigenvalue weighted by Crippen LogP contribution is 2.56. The summed E-state index contributed by atoms with van der Waals surface area (Å²) in [4.78, 5) is 34.8. The van der Waals surface area contributed by atoms with Crippen molar-refractivity contribution in [3.63, 3.8) is 0 Å². The van der Waals surface area contributed by atoms with Crippen molar-refractivity contribution in [3.05, 3.63) is 23.8 Å². The molecule has 0 aromatic carbocycles. The third-order valence-electron chi connectivity index (χ3n) is 5.25. The van der Waals surface area contributed by atoms with Gasteiger partial charge < -0.3 is 9.47 Å². The van der Waals surface area contributed by atoms with E-state index < -0.39 is 5.97 Å². The topological polar surface area (TPSA) is 69.7 Å². The van der Waals surface area contributed by atoms with E-state index in [0.717, 1.165) is 24.8 Å². The highest BCUT2D eigenvalue weighted by Gasteiger charge is 2.52. The van der Waals surface area contributed by atoms with E-state index in [4.69, 9.17) is 9.47 Å². The Kier molecular flexibility index (Phi) is 5.62. The van der Waals surface area contributed by atoms with Crippen molar-refractivity contribution >= 4 is 17.7 Å². The maximum Gasteiger partial charge on any atom is 0.302 e. The lowest BCUT2D eigenvalue weighted by Gasteiger charge is -2.53. The SMILES string of the molecule is C=C1CC/C=C(\COC(C)=O)C(=O)C[C@@H]2[C@H]1C[C@@]2(C)COC(C)=O. The molecule has 0 bridgehead atoms. The van der Waals surface area contributed by atoms with Crippen LogP contribution in [-0.4, -0.2) is 30.9 Å². The molecule has 0 radical (unpaired) electrons. The number of rotatable bonds is 4. The summed E-state index contributed by atoms with van der Waals surface area (Å²) >= 11 is 0. The van der Waals surface area contributed by atoms with Gasteiger partial charge in [-0.3, -0.25) is 14.4 Å². The molecule has 5 heteroatoms. The second-order valence-corrected chi connectivity index (χ2v) is 7.19. The Morgan fingerprint density at radius 1 is 1.29 bits per heavy atom. The number of ketones is 1. The number of hydrogen-bond donors (Lipinski definition) is 0. The minimum Gasteiger partial charge on any atom is -0.465 e. The van der Waals surface area contributed by atoms with E-state index in [2.05, 4.69) is 13.5 Å². The quantitative estimate of drug-likeness (QED) is 0.584. The molecule has 2 aliphatic carbocycles. The monoisotopic (exact) mass is 334 g/mol. The molecule has 2 aliphatic rings. The fraction of sp³-hybridized carbons (Fsp3) is 0.632. The molecular weight excluding hydrogens is 308 g/mol. The second kappa shape index (κ2) is 7.32. The molecule has 0 amide bonds. The first-order chi connectivity index (χ1) is 11.2. The van der Waals surface area contributed by atoms with Crippen LogP contribution in [0.15, 0.2) is 23.8 Å². The van der Waals surface area contributed by atoms with Crippen molar-refractivity contribution in [2.45, 2.75) is 46.5 Å². The number of ether oxygens (including phenoxy) is 2. The summed E-state index contributed by atoms with van der Waals surface area (Å²) in [5.41, 5.74) is 1.50. The van der Waals surface area contributed by atoms with Gasteiger partial charge in [0.15, 0.2) is 5.78 Å². The van der Waals surface area contributed by atoms with Crippen molar-refractivity contribution in [1.82, 2.24) is 0 Å². The van der Waals surface area contributed by atoms with Gasteiger partial charge in [0.1, 0.15) is 6.61 Å². The van der Waals surface area contributed by atoms with Gasteiger partial charge in [0, 0.05) is 31.3 Å².